The Kier molecular flexibility index (Phi) is 3.66. The molecule has 1 fully saturated rings. The number of aliphatic hydroxyl groups excluding tert-OH is 1. The van der Waals surface area contributed by atoms with Gasteiger partial charge in [-0.25, -0.2) is 0 Å². The summed E-state index contributed by atoms with van der Waals surface area (Å²) in [6, 6.07) is 4.80. The fourth-order valence-electron chi connectivity index (χ4n) is 1.67. The van der Waals surface area contributed by atoms with E-state index in [9.17, 15) is 10.2 Å². The zero-order valence-electron chi connectivity index (χ0n) is 8.69. The first kappa shape index (κ1) is 11.7. The molecule has 2 rings (SSSR count). The van der Waals surface area contributed by atoms with E-state index in [0.29, 0.717) is 30.3 Å². The van der Waals surface area contributed by atoms with E-state index in [1.54, 1.807) is 18.2 Å². The summed E-state index contributed by atoms with van der Waals surface area (Å²) in [6.45, 7) is 1.30. The number of phenolic OH excluding ortho intramolecular Hbond substituents is 1. The van der Waals surface area contributed by atoms with Crippen molar-refractivity contribution < 1.29 is 14.9 Å². The van der Waals surface area contributed by atoms with Gasteiger partial charge < -0.3 is 20.3 Å². The van der Waals surface area contributed by atoms with Crippen LogP contribution in [0.1, 0.15) is 5.56 Å². The Hall–Kier alpha value is -0.810. The van der Waals surface area contributed by atoms with Gasteiger partial charge >= 0.3 is 0 Å². The Balaban J connectivity index is 1.96. The van der Waals surface area contributed by atoms with Gasteiger partial charge in [-0.05, 0) is 18.2 Å². The van der Waals surface area contributed by atoms with Crippen LogP contribution in [0.4, 0.5) is 0 Å². The summed E-state index contributed by atoms with van der Waals surface area (Å²) < 4.78 is 5.11. The number of benzene rings is 1. The van der Waals surface area contributed by atoms with Crippen LogP contribution in [0.2, 0.25) is 5.02 Å². The predicted octanol–water partition coefficient (Wildman–Crippen LogP) is 0.895. The summed E-state index contributed by atoms with van der Waals surface area (Å²) in [6.07, 6.45) is -0.485. The number of halogens is 1. The van der Waals surface area contributed by atoms with E-state index in [-0.39, 0.29) is 11.8 Å². The van der Waals surface area contributed by atoms with E-state index in [1.165, 1.54) is 0 Å². The molecule has 0 bridgehead atoms. The van der Waals surface area contributed by atoms with Gasteiger partial charge in [-0.1, -0.05) is 11.6 Å². The lowest BCUT2D eigenvalue weighted by Gasteiger charge is -2.15. The van der Waals surface area contributed by atoms with Crippen molar-refractivity contribution in [2.45, 2.75) is 18.7 Å². The Morgan fingerprint density at radius 1 is 1.44 bits per heavy atom. The van der Waals surface area contributed by atoms with Crippen molar-refractivity contribution in [1.82, 2.24) is 5.32 Å². The van der Waals surface area contributed by atoms with Crippen molar-refractivity contribution in [2.24, 2.45) is 0 Å². The van der Waals surface area contributed by atoms with Gasteiger partial charge in [-0.15, -0.1) is 0 Å². The lowest BCUT2D eigenvalue weighted by atomic mass is 10.1. The highest BCUT2D eigenvalue weighted by molar-refractivity contribution is 6.30. The SMILES string of the molecule is Oc1ccc(Cl)cc1CNC1COCC1O. The molecular weight excluding hydrogens is 230 g/mol. The van der Waals surface area contributed by atoms with E-state index in [0.717, 1.165) is 0 Å². The molecule has 5 heteroatoms. The summed E-state index contributed by atoms with van der Waals surface area (Å²) in [7, 11) is 0. The molecule has 1 aromatic rings. The number of hydrogen-bond acceptors (Lipinski definition) is 4. The molecule has 1 saturated heterocycles. The first-order valence-corrected chi connectivity index (χ1v) is 5.51. The summed E-state index contributed by atoms with van der Waals surface area (Å²) in [4.78, 5) is 0. The molecule has 0 aliphatic carbocycles. The lowest BCUT2D eigenvalue weighted by molar-refractivity contribution is 0.122. The summed E-state index contributed by atoms with van der Waals surface area (Å²) >= 11 is 5.83. The number of hydrogen-bond donors (Lipinski definition) is 3. The first-order valence-electron chi connectivity index (χ1n) is 5.13. The molecule has 0 radical (unpaired) electrons. The highest BCUT2D eigenvalue weighted by atomic mass is 35.5. The van der Waals surface area contributed by atoms with Crippen molar-refractivity contribution in [1.29, 1.82) is 0 Å². The molecule has 1 aromatic carbocycles. The number of aliphatic hydroxyl groups is 1. The van der Waals surface area contributed by atoms with Crippen LogP contribution < -0.4 is 5.32 Å². The normalized spacial score (nSPS) is 24.9. The van der Waals surface area contributed by atoms with Crippen LogP contribution in [0, 0.1) is 0 Å². The maximum absolute atomic E-state index is 9.58. The van der Waals surface area contributed by atoms with Crippen LogP contribution >= 0.6 is 11.6 Å². The average molecular weight is 244 g/mol. The standard InChI is InChI=1S/C11H14ClNO3/c12-8-1-2-10(14)7(3-8)4-13-9-5-16-6-11(9)15/h1-3,9,11,13-15H,4-6H2. The van der Waals surface area contributed by atoms with E-state index < -0.39 is 6.10 Å². The second kappa shape index (κ2) is 5.01. The molecule has 2 unspecified atom stereocenters. The Bertz CT molecular complexity index is 372. The maximum Gasteiger partial charge on any atom is 0.120 e. The van der Waals surface area contributed by atoms with Crippen LogP contribution in [0.3, 0.4) is 0 Å². The second-order valence-electron chi connectivity index (χ2n) is 3.87. The monoisotopic (exact) mass is 243 g/mol. The van der Waals surface area contributed by atoms with Crippen molar-refractivity contribution in [2.75, 3.05) is 13.2 Å². The molecule has 1 aliphatic rings. The predicted molar refractivity (Wildman–Crippen MR) is 60.6 cm³/mol. The number of ether oxygens (including phenoxy) is 1. The number of aromatic hydroxyl groups is 1. The molecule has 4 nitrogen and oxygen atoms in total. The van der Waals surface area contributed by atoms with Gasteiger partial charge in [-0.3, -0.25) is 0 Å². The average Bonchev–Trinajstić information content (AvgIpc) is 2.66. The van der Waals surface area contributed by atoms with E-state index in [2.05, 4.69) is 5.32 Å². The quantitative estimate of drug-likeness (QED) is 0.738. The minimum Gasteiger partial charge on any atom is -0.508 e. The number of rotatable bonds is 3. The summed E-state index contributed by atoms with van der Waals surface area (Å²) in [5, 5.41) is 22.8. The Labute approximate surface area is 98.8 Å². The van der Waals surface area contributed by atoms with Crippen molar-refractivity contribution >= 4 is 11.6 Å². The topological polar surface area (TPSA) is 61.7 Å². The van der Waals surface area contributed by atoms with Gasteiger partial charge in [0.1, 0.15) is 5.75 Å². The van der Waals surface area contributed by atoms with Gasteiger partial charge in [0.15, 0.2) is 0 Å². The molecule has 2 atom stereocenters. The van der Waals surface area contributed by atoms with Gasteiger partial charge in [0.25, 0.3) is 0 Å². The summed E-state index contributed by atoms with van der Waals surface area (Å²) in [5.41, 5.74) is 0.714. The number of phenols is 1. The molecule has 1 aliphatic heterocycles. The Morgan fingerprint density at radius 2 is 2.25 bits per heavy atom. The fourth-order valence-corrected chi connectivity index (χ4v) is 1.87. The van der Waals surface area contributed by atoms with E-state index in [4.69, 9.17) is 16.3 Å². The molecule has 0 amide bonds. The summed E-state index contributed by atoms with van der Waals surface area (Å²) in [5.74, 6) is 0.199. The van der Waals surface area contributed by atoms with Crippen LogP contribution in [-0.2, 0) is 11.3 Å². The smallest absolute Gasteiger partial charge is 0.120 e. The largest absolute Gasteiger partial charge is 0.508 e. The van der Waals surface area contributed by atoms with Gasteiger partial charge in [0, 0.05) is 17.1 Å². The molecule has 1 heterocycles. The minimum absolute atomic E-state index is 0.0848. The van der Waals surface area contributed by atoms with E-state index >= 15 is 0 Å². The molecule has 0 aromatic heterocycles. The zero-order valence-corrected chi connectivity index (χ0v) is 9.44. The van der Waals surface area contributed by atoms with Gasteiger partial charge in [0.05, 0.1) is 25.4 Å². The maximum atomic E-state index is 9.58. The molecule has 0 spiro atoms. The van der Waals surface area contributed by atoms with E-state index in [1.807, 2.05) is 0 Å². The molecule has 16 heavy (non-hydrogen) atoms. The third kappa shape index (κ3) is 2.65. The van der Waals surface area contributed by atoms with Crippen LogP contribution in [0.25, 0.3) is 0 Å². The van der Waals surface area contributed by atoms with Crippen LogP contribution in [-0.4, -0.2) is 35.6 Å². The fraction of sp³-hybridized carbons (Fsp3) is 0.455. The molecular formula is C11H14ClNO3. The highest BCUT2D eigenvalue weighted by Crippen LogP contribution is 2.21. The first-order chi connectivity index (χ1) is 7.66. The Morgan fingerprint density at radius 3 is 2.94 bits per heavy atom. The highest BCUT2D eigenvalue weighted by Gasteiger charge is 2.25. The van der Waals surface area contributed by atoms with Gasteiger partial charge in [0.2, 0.25) is 0 Å². The molecule has 0 saturated carbocycles. The van der Waals surface area contributed by atoms with Gasteiger partial charge in [-0.2, -0.15) is 0 Å². The molecule has 3 N–H and O–H groups in total. The molecule has 88 valence electrons. The second-order valence-corrected chi connectivity index (χ2v) is 4.30. The third-order valence-corrected chi connectivity index (χ3v) is 2.88. The van der Waals surface area contributed by atoms with Crippen molar-refractivity contribution in [3.8, 4) is 5.75 Å². The minimum atomic E-state index is -0.485. The van der Waals surface area contributed by atoms with Crippen LogP contribution in [0.5, 0.6) is 5.75 Å². The number of nitrogens with one attached hydrogen (secondary N) is 1. The third-order valence-electron chi connectivity index (χ3n) is 2.65. The lowest BCUT2D eigenvalue weighted by Crippen LogP contribution is -2.38. The van der Waals surface area contributed by atoms with Crippen molar-refractivity contribution in [3.63, 3.8) is 0 Å². The van der Waals surface area contributed by atoms with Crippen LogP contribution in [0.15, 0.2) is 18.2 Å². The zero-order chi connectivity index (χ0) is 11.5. The van der Waals surface area contributed by atoms with Crippen molar-refractivity contribution in [3.05, 3.63) is 28.8 Å².